The molecule has 1 unspecified atom stereocenters. The number of sulfonamides is 1. The fraction of sp³-hybridized carbons (Fsp3) is 0.222. The highest BCUT2D eigenvalue weighted by molar-refractivity contribution is 7.94. The quantitative estimate of drug-likeness (QED) is 0.888. The van der Waals surface area contributed by atoms with Crippen molar-refractivity contribution in [2.75, 3.05) is 4.72 Å². The minimum absolute atomic E-state index is 0.0198. The molecule has 0 radical (unpaired) electrons. The third-order valence-corrected chi connectivity index (χ3v) is 4.50. The van der Waals surface area contributed by atoms with Crippen LogP contribution in [-0.4, -0.2) is 24.7 Å². The fourth-order valence-electron chi connectivity index (χ4n) is 1.00. The first-order chi connectivity index (χ1) is 8.15. The Kier molecular flexibility index (Phi) is 4.72. The van der Waals surface area contributed by atoms with Gasteiger partial charge in [0.15, 0.2) is 5.25 Å². The third kappa shape index (κ3) is 3.41. The van der Waals surface area contributed by atoms with E-state index in [0.29, 0.717) is 0 Å². The normalized spacial score (nSPS) is 13.1. The van der Waals surface area contributed by atoms with Crippen molar-refractivity contribution in [2.24, 2.45) is 0 Å². The van der Waals surface area contributed by atoms with Crippen molar-refractivity contribution in [3.05, 3.63) is 27.2 Å². The zero-order valence-corrected chi connectivity index (χ0v) is 12.0. The molecule has 0 fully saturated rings. The summed E-state index contributed by atoms with van der Waals surface area (Å²) in [6.45, 7) is 1.03. The number of hydrogen-bond donors (Lipinski definition) is 2. The largest absolute Gasteiger partial charge is 0.480 e. The number of hydrogen-bond acceptors (Lipinski definition) is 3. The molecule has 0 heterocycles. The molecule has 1 atom stereocenters. The van der Waals surface area contributed by atoms with E-state index in [-0.39, 0.29) is 20.8 Å². The summed E-state index contributed by atoms with van der Waals surface area (Å²) in [6, 6.07) is 2.58. The topological polar surface area (TPSA) is 83.5 Å². The van der Waals surface area contributed by atoms with Crippen LogP contribution in [0.1, 0.15) is 6.92 Å². The molecule has 0 aliphatic heterocycles. The minimum Gasteiger partial charge on any atom is -0.480 e. The van der Waals surface area contributed by atoms with Crippen LogP contribution in [0.5, 0.6) is 0 Å². The molecule has 1 aromatic rings. The summed E-state index contributed by atoms with van der Waals surface area (Å²) >= 11 is 17.2. The smallest absolute Gasteiger partial charge is 0.323 e. The highest BCUT2D eigenvalue weighted by Gasteiger charge is 2.28. The molecule has 1 aromatic carbocycles. The van der Waals surface area contributed by atoms with E-state index in [1.54, 1.807) is 0 Å². The number of anilines is 1. The maximum Gasteiger partial charge on any atom is 0.323 e. The molecular formula is C9H8Cl3NO4S. The molecule has 5 nitrogen and oxygen atoms in total. The van der Waals surface area contributed by atoms with Crippen molar-refractivity contribution < 1.29 is 18.3 Å². The third-order valence-electron chi connectivity index (χ3n) is 2.06. The monoisotopic (exact) mass is 331 g/mol. The van der Waals surface area contributed by atoms with Gasteiger partial charge in [0, 0.05) is 5.02 Å². The number of halogens is 3. The number of carboxylic acid groups (broad SMARTS) is 1. The van der Waals surface area contributed by atoms with E-state index in [9.17, 15) is 13.2 Å². The van der Waals surface area contributed by atoms with Gasteiger partial charge in [-0.3, -0.25) is 9.52 Å². The molecule has 0 bridgehead atoms. The highest BCUT2D eigenvalue weighted by atomic mass is 35.5. The van der Waals surface area contributed by atoms with Crippen molar-refractivity contribution in [1.29, 1.82) is 0 Å². The Bertz CT molecular complexity index is 564. The van der Waals surface area contributed by atoms with Crippen LogP contribution in [0.2, 0.25) is 15.1 Å². The van der Waals surface area contributed by atoms with Gasteiger partial charge >= 0.3 is 5.97 Å². The van der Waals surface area contributed by atoms with E-state index in [2.05, 4.69) is 0 Å². The van der Waals surface area contributed by atoms with Crippen molar-refractivity contribution >= 4 is 56.5 Å². The second kappa shape index (κ2) is 5.52. The molecule has 0 saturated heterocycles. The second-order valence-corrected chi connectivity index (χ2v) is 6.62. The standard InChI is InChI=1S/C9H8Cl3NO4S/c1-4(9(14)15)18(16,17)13-8-6(11)2-5(10)3-7(8)12/h2-4,13H,1H3,(H,14,15). The maximum atomic E-state index is 11.7. The molecule has 0 saturated carbocycles. The second-order valence-electron chi connectivity index (χ2n) is 3.37. The van der Waals surface area contributed by atoms with Crippen LogP contribution >= 0.6 is 34.8 Å². The number of carboxylic acids is 1. The summed E-state index contributed by atoms with van der Waals surface area (Å²) < 4.78 is 25.4. The van der Waals surface area contributed by atoms with Crippen molar-refractivity contribution in [3.63, 3.8) is 0 Å². The lowest BCUT2D eigenvalue weighted by molar-refractivity contribution is -0.136. The molecule has 2 N–H and O–H groups in total. The molecule has 0 aromatic heterocycles. The van der Waals surface area contributed by atoms with Gasteiger partial charge in [-0.2, -0.15) is 0 Å². The summed E-state index contributed by atoms with van der Waals surface area (Å²) in [6.07, 6.45) is 0. The average molecular weight is 333 g/mol. The molecule has 0 amide bonds. The first-order valence-electron chi connectivity index (χ1n) is 4.54. The van der Waals surface area contributed by atoms with Gasteiger partial charge in [-0.25, -0.2) is 8.42 Å². The van der Waals surface area contributed by atoms with Crippen LogP contribution in [0.15, 0.2) is 12.1 Å². The van der Waals surface area contributed by atoms with Gasteiger partial charge in [0.05, 0.1) is 15.7 Å². The average Bonchev–Trinajstić information content (AvgIpc) is 2.22. The molecule has 18 heavy (non-hydrogen) atoms. The first kappa shape index (κ1) is 15.4. The zero-order chi connectivity index (χ0) is 14.1. The highest BCUT2D eigenvalue weighted by Crippen LogP contribution is 2.34. The van der Waals surface area contributed by atoms with Gasteiger partial charge in [-0.1, -0.05) is 34.8 Å². The Labute approximate surface area is 119 Å². The van der Waals surface area contributed by atoms with Gasteiger partial charge < -0.3 is 5.11 Å². The van der Waals surface area contributed by atoms with E-state index >= 15 is 0 Å². The Morgan fingerprint density at radius 3 is 2.11 bits per heavy atom. The summed E-state index contributed by atoms with van der Waals surface area (Å²) in [7, 11) is -4.13. The fourth-order valence-corrected chi connectivity index (χ4v) is 2.97. The van der Waals surface area contributed by atoms with Gasteiger partial charge in [0.25, 0.3) is 0 Å². The van der Waals surface area contributed by atoms with Crippen molar-refractivity contribution in [1.82, 2.24) is 0 Å². The first-order valence-corrected chi connectivity index (χ1v) is 7.22. The van der Waals surface area contributed by atoms with Gasteiger partial charge in [0.2, 0.25) is 10.0 Å². The van der Waals surface area contributed by atoms with Gasteiger partial charge in [-0.15, -0.1) is 0 Å². The molecule has 0 aliphatic rings. The predicted molar refractivity (Wildman–Crippen MR) is 71.1 cm³/mol. The molecule has 0 aliphatic carbocycles. The molecule has 100 valence electrons. The van der Waals surface area contributed by atoms with E-state index in [0.717, 1.165) is 6.92 Å². The van der Waals surface area contributed by atoms with Crippen LogP contribution in [-0.2, 0) is 14.8 Å². The van der Waals surface area contributed by atoms with E-state index in [1.165, 1.54) is 12.1 Å². The predicted octanol–water partition coefficient (Wildman–Crippen LogP) is 2.86. The minimum atomic E-state index is -4.13. The van der Waals surface area contributed by atoms with Crippen LogP contribution in [0.3, 0.4) is 0 Å². The van der Waals surface area contributed by atoms with Crippen LogP contribution < -0.4 is 4.72 Å². The van der Waals surface area contributed by atoms with Crippen LogP contribution in [0.4, 0.5) is 5.69 Å². The zero-order valence-electron chi connectivity index (χ0n) is 8.95. The number of rotatable bonds is 4. The van der Waals surface area contributed by atoms with Crippen LogP contribution in [0.25, 0.3) is 0 Å². The van der Waals surface area contributed by atoms with Crippen molar-refractivity contribution in [2.45, 2.75) is 12.2 Å². The number of aliphatic carboxylic acids is 1. The number of benzene rings is 1. The Morgan fingerprint density at radius 1 is 1.28 bits per heavy atom. The Balaban J connectivity index is 3.17. The molecule has 9 heteroatoms. The van der Waals surface area contributed by atoms with Crippen LogP contribution in [0, 0.1) is 0 Å². The van der Waals surface area contributed by atoms with Gasteiger partial charge in [0.1, 0.15) is 0 Å². The summed E-state index contributed by atoms with van der Waals surface area (Å²) in [5.74, 6) is -1.48. The van der Waals surface area contributed by atoms with E-state index < -0.39 is 21.2 Å². The number of nitrogens with one attached hydrogen (secondary N) is 1. The lowest BCUT2D eigenvalue weighted by Gasteiger charge is -2.13. The SMILES string of the molecule is CC(C(=O)O)S(=O)(=O)Nc1c(Cl)cc(Cl)cc1Cl. The summed E-state index contributed by atoms with van der Waals surface area (Å²) in [5.41, 5.74) is -0.101. The summed E-state index contributed by atoms with van der Waals surface area (Å²) in [5, 5.41) is 7.23. The Hall–Kier alpha value is -0.690. The van der Waals surface area contributed by atoms with Gasteiger partial charge in [-0.05, 0) is 19.1 Å². The lowest BCUT2D eigenvalue weighted by atomic mass is 10.3. The van der Waals surface area contributed by atoms with Crippen molar-refractivity contribution in [3.8, 4) is 0 Å². The maximum absolute atomic E-state index is 11.7. The van der Waals surface area contributed by atoms with E-state index in [4.69, 9.17) is 39.9 Å². The summed E-state index contributed by atoms with van der Waals surface area (Å²) in [4.78, 5) is 10.7. The van der Waals surface area contributed by atoms with E-state index in [1.807, 2.05) is 4.72 Å². The Morgan fingerprint density at radius 2 is 1.72 bits per heavy atom. The lowest BCUT2D eigenvalue weighted by Crippen LogP contribution is -2.32. The molecule has 1 rings (SSSR count). The molecule has 0 spiro atoms. The molecular weight excluding hydrogens is 325 g/mol. The number of carbonyl (C=O) groups is 1.